The van der Waals surface area contributed by atoms with Crippen molar-refractivity contribution in [2.24, 2.45) is 0 Å². The topological polar surface area (TPSA) is 47.9 Å². The van der Waals surface area contributed by atoms with Crippen molar-refractivity contribution in [2.75, 3.05) is 13.4 Å². The van der Waals surface area contributed by atoms with E-state index in [0.717, 1.165) is 12.7 Å². The summed E-state index contributed by atoms with van der Waals surface area (Å²) in [6, 6.07) is 1.12. The summed E-state index contributed by atoms with van der Waals surface area (Å²) >= 11 is 0. The van der Waals surface area contributed by atoms with Gasteiger partial charge < -0.3 is 19.3 Å². The van der Waals surface area contributed by atoms with Gasteiger partial charge in [-0.15, -0.1) is 0 Å². The molecule has 1 aliphatic heterocycles. The molecule has 0 spiro atoms. The van der Waals surface area contributed by atoms with Crippen LogP contribution in [0.3, 0.4) is 0 Å². The van der Waals surface area contributed by atoms with E-state index in [2.05, 4.69) is 19.6 Å². The lowest BCUT2D eigenvalue weighted by atomic mass is 10.1. The van der Waals surface area contributed by atoms with E-state index in [1.807, 2.05) is 6.92 Å². The maximum absolute atomic E-state index is 9.68. The fraction of sp³-hybridized carbons (Fsp3) is 0.833. The maximum Gasteiger partial charge on any atom is 0.147 e. The van der Waals surface area contributed by atoms with Crippen molar-refractivity contribution in [2.45, 2.75) is 50.9 Å². The highest BCUT2D eigenvalue weighted by atomic mass is 28.3. The highest BCUT2D eigenvalue weighted by molar-refractivity contribution is 6.76. The third kappa shape index (κ3) is 5.67. The minimum atomic E-state index is -1.04. The zero-order valence-corrected chi connectivity index (χ0v) is 12.2. The van der Waals surface area contributed by atoms with Crippen molar-refractivity contribution in [1.82, 2.24) is 0 Å². The molecule has 0 radical (unpaired) electrons. The minimum Gasteiger partial charge on any atom is -0.496 e. The Kier molecular flexibility index (Phi) is 5.65. The average Bonchev–Trinajstić information content (AvgIpc) is 2.20. The summed E-state index contributed by atoms with van der Waals surface area (Å²) in [6.07, 6.45) is 2.01. The largest absolute Gasteiger partial charge is 0.496 e. The predicted octanol–water partition coefficient (Wildman–Crippen LogP) is 1.98. The molecule has 1 rings (SSSR count). The summed E-state index contributed by atoms with van der Waals surface area (Å²) in [6.45, 7) is 9.74. The fourth-order valence-corrected chi connectivity index (χ4v) is 2.27. The number of hydrogen-bond donors (Lipinski definition) is 1. The zero-order chi connectivity index (χ0) is 12.9. The molecule has 0 fully saturated rings. The molecule has 0 bridgehead atoms. The number of rotatable bonds is 6. The van der Waals surface area contributed by atoms with Gasteiger partial charge in [-0.2, -0.15) is 0 Å². The van der Waals surface area contributed by atoms with E-state index < -0.39 is 14.2 Å². The van der Waals surface area contributed by atoms with Gasteiger partial charge in [-0.3, -0.25) is 0 Å². The molecule has 4 nitrogen and oxygen atoms in total. The second kappa shape index (κ2) is 6.54. The number of ether oxygens (including phenoxy) is 3. The van der Waals surface area contributed by atoms with Crippen LogP contribution in [0.25, 0.3) is 0 Å². The molecule has 1 aliphatic rings. The fourth-order valence-electron chi connectivity index (χ4n) is 1.51. The lowest BCUT2D eigenvalue weighted by molar-refractivity contribution is -0.154. The molecule has 0 aromatic rings. The van der Waals surface area contributed by atoms with E-state index in [-0.39, 0.29) is 19.0 Å². The van der Waals surface area contributed by atoms with E-state index in [1.54, 1.807) is 6.08 Å². The first-order chi connectivity index (χ1) is 7.90. The smallest absolute Gasteiger partial charge is 0.147 e. The van der Waals surface area contributed by atoms with Crippen LogP contribution < -0.4 is 0 Å². The van der Waals surface area contributed by atoms with Crippen LogP contribution in [-0.2, 0) is 14.2 Å². The summed E-state index contributed by atoms with van der Waals surface area (Å²) in [4.78, 5) is 0. The van der Waals surface area contributed by atoms with Gasteiger partial charge in [-0.1, -0.05) is 19.6 Å². The van der Waals surface area contributed by atoms with E-state index in [0.29, 0.717) is 0 Å². The number of hydrogen-bond acceptors (Lipinski definition) is 4. The maximum atomic E-state index is 9.68. The number of aliphatic hydroxyl groups is 1. The van der Waals surface area contributed by atoms with E-state index in [4.69, 9.17) is 14.2 Å². The summed E-state index contributed by atoms with van der Waals surface area (Å²) in [5.41, 5.74) is 0. The van der Waals surface area contributed by atoms with Gasteiger partial charge in [-0.25, -0.2) is 0 Å². The van der Waals surface area contributed by atoms with Gasteiger partial charge >= 0.3 is 0 Å². The van der Waals surface area contributed by atoms with E-state index in [1.165, 1.54) is 6.26 Å². The Balaban J connectivity index is 2.16. The first kappa shape index (κ1) is 14.7. The lowest BCUT2D eigenvalue weighted by Gasteiger charge is -2.29. The van der Waals surface area contributed by atoms with Crippen LogP contribution in [-0.4, -0.2) is 44.9 Å². The van der Waals surface area contributed by atoms with Gasteiger partial charge in [0.1, 0.15) is 25.1 Å². The number of aliphatic hydroxyl groups excluding tert-OH is 1. The van der Waals surface area contributed by atoms with Crippen LogP contribution in [0.15, 0.2) is 12.3 Å². The third-order valence-electron chi connectivity index (χ3n) is 2.71. The summed E-state index contributed by atoms with van der Waals surface area (Å²) in [7, 11) is -1.04. The molecule has 0 saturated heterocycles. The van der Waals surface area contributed by atoms with E-state index >= 15 is 0 Å². The first-order valence-electron chi connectivity index (χ1n) is 6.10. The van der Waals surface area contributed by atoms with Crippen molar-refractivity contribution >= 4 is 8.07 Å². The Morgan fingerprint density at radius 1 is 1.35 bits per heavy atom. The monoisotopic (exact) mass is 260 g/mol. The Hall–Kier alpha value is -0.363. The molecule has 0 aromatic heterocycles. The van der Waals surface area contributed by atoms with Crippen molar-refractivity contribution in [3.63, 3.8) is 0 Å². The lowest BCUT2D eigenvalue weighted by Crippen LogP contribution is -2.41. The van der Waals surface area contributed by atoms with Gasteiger partial charge in [0.05, 0.1) is 6.26 Å². The van der Waals surface area contributed by atoms with Crippen molar-refractivity contribution in [3.8, 4) is 0 Å². The minimum absolute atomic E-state index is 0.143. The standard InChI is InChI=1S/C12H24O4Si/c1-10-12(11(13)5-6-15-10)16-9-14-7-8-17(2,3)4/h5-6,10-13H,7-9H2,1-4H3/t10?,11?,12-/m1/s1. The Morgan fingerprint density at radius 3 is 2.65 bits per heavy atom. The molecule has 17 heavy (non-hydrogen) atoms. The molecule has 0 aliphatic carbocycles. The van der Waals surface area contributed by atoms with Gasteiger partial charge in [0.25, 0.3) is 0 Å². The Bertz CT molecular complexity index is 249. The molecule has 2 unspecified atom stereocenters. The molecular weight excluding hydrogens is 236 g/mol. The summed E-state index contributed by atoms with van der Waals surface area (Å²) < 4.78 is 16.2. The molecule has 0 aromatic carbocycles. The molecule has 0 saturated carbocycles. The van der Waals surface area contributed by atoms with E-state index in [9.17, 15) is 5.11 Å². The molecule has 0 amide bonds. The quantitative estimate of drug-likeness (QED) is 0.451. The average molecular weight is 260 g/mol. The highest BCUT2D eigenvalue weighted by Crippen LogP contribution is 2.15. The van der Waals surface area contributed by atoms with Gasteiger partial charge in [0, 0.05) is 14.7 Å². The van der Waals surface area contributed by atoms with Crippen LogP contribution in [0.2, 0.25) is 25.7 Å². The van der Waals surface area contributed by atoms with Gasteiger partial charge in [0.15, 0.2) is 0 Å². The second-order valence-corrected chi connectivity index (χ2v) is 11.2. The SMILES string of the molecule is CC1OC=CC(O)[C@@H]1OCOCC[Si](C)(C)C. The Morgan fingerprint density at radius 2 is 2.06 bits per heavy atom. The highest BCUT2D eigenvalue weighted by Gasteiger charge is 2.28. The normalized spacial score (nSPS) is 29.1. The molecule has 1 N–H and O–H groups in total. The molecule has 1 heterocycles. The van der Waals surface area contributed by atoms with Gasteiger partial charge in [0.2, 0.25) is 0 Å². The predicted molar refractivity (Wildman–Crippen MR) is 69.5 cm³/mol. The zero-order valence-electron chi connectivity index (χ0n) is 11.2. The van der Waals surface area contributed by atoms with Crippen LogP contribution in [0.5, 0.6) is 0 Å². The van der Waals surface area contributed by atoms with Crippen molar-refractivity contribution in [3.05, 3.63) is 12.3 Å². The molecule has 3 atom stereocenters. The van der Waals surface area contributed by atoms with Crippen LogP contribution >= 0.6 is 0 Å². The first-order valence-corrected chi connectivity index (χ1v) is 9.80. The molecular formula is C12H24O4Si. The van der Waals surface area contributed by atoms with Crippen molar-refractivity contribution < 1.29 is 19.3 Å². The second-order valence-electron chi connectivity index (χ2n) is 5.63. The van der Waals surface area contributed by atoms with Crippen LogP contribution in [0, 0.1) is 0 Å². The molecule has 100 valence electrons. The van der Waals surface area contributed by atoms with Crippen molar-refractivity contribution in [1.29, 1.82) is 0 Å². The molecule has 5 heteroatoms. The van der Waals surface area contributed by atoms with Crippen LogP contribution in [0.4, 0.5) is 0 Å². The summed E-state index contributed by atoms with van der Waals surface area (Å²) in [5, 5.41) is 9.68. The van der Waals surface area contributed by atoms with Crippen LogP contribution in [0.1, 0.15) is 6.92 Å². The van der Waals surface area contributed by atoms with Gasteiger partial charge in [-0.05, 0) is 19.0 Å². The Labute approximate surface area is 105 Å². The summed E-state index contributed by atoms with van der Waals surface area (Å²) in [5.74, 6) is 0. The third-order valence-corrected chi connectivity index (χ3v) is 4.41.